The second-order valence-electron chi connectivity index (χ2n) is 2.87. The van der Waals surface area contributed by atoms with E-state index in [9.17, 15) is 0 Å². The number of hydrogen-bond acceptors (Lipinski definition) is 3. The van der Waals surface area contributed by atoms with Crippen LogP contribution in [-0.2, 0) is 9.47 Å². The van der Waals surface area contributed by atoms with Gasteiger partial charge in [-0.05, 0) is 14.0 Å². The first-order valence-electron chi connectivity index (χ1n) is 4.20. The maximum atomic E-state index is 5.56. The largest absolute Gasteiger partial charge is 0.346 e. The Morgan fingerprint density at radius 3 is 2.36 bits per heavy atom. The number of likely N-dealkylation sites (N-methyl/N-ethyl adjacent to an activating group) is 1. The number of hydrogen-bond donors (Lipinski definition) is 1. The van der Waals surface area contributed by atoms with E-state index in [1.807, 2.05) is 7.05 Å². The minimum absolute atomic E-state index is 0.259. The van der Waals surface area contributed by atoms with Crippen molar-refractivity contribution in [3.05, 3.63) is 0 Å². The minimum atomic E-state index is -0.366. The van der Waals surface area contributed by atoms with Crippen LogP contribution < -0.4 is 5.32 Å². The predicted molar refractivity (Wildman–Crippen MR) is 43.4 cm³/mol. The van der Waals surface area contributed by atoms with Crippen LogP contribution in [0.3, 0.4) is 0 Å². The molecule has 0 aromatic rings. The molecule has 0 bridgehead atoms. The molecule has 66 valence electrons. The normalized spacial score (nSPS) is 25.4. The highest BCUT2D eigenvalue weighted by molar-refractivity contribution is 4.82. The molecule has 0 aromatic carbocycles. The van der Waals surface area contributed by atoms with E-state index in [1.165, 1.54) is 0 Å². The molecule has 0 saturated carbocycles. The van der Waals surface area contributed by atoms with E-state index in [4.69, 9.17) is 9.47 Å². The van der Waals surface area contributed by atoms with Crippen molar-refractivity contribution in [2.75, 3.05) is 20.3 Å². The SMILES string of the molecule is CCC1(C(C)NC)OCCO1. The van der Waals surface area contributed by atoms with Crippen molar-refractivity contribution >= 4 is 0 Å². The third kappa shape index (κ3) is 1.55. The van der Waals surface area contributed by atoms with Gasteiger partial charge in [0.05, 0.1) is 19.3 Å². The number of ether oxygens (including phenoxy) is 2. The summed E-state index contributed by atoms with van der Waals surface area (Å²) in [5.74, 6) is -0.366. The fraction of sp³-hybridized carbons (Fsp3) is 1.00. The fourth-order valence-corrected chi connectivity index (χ4v) is 1.45. The van der Waals surface area contributed by atoms with Gasteiger partial charge in [-0.15, -0.1) is 0 Å². The van der Waals surface area contributed by atoms with Gasteiger partial charge < -0.3 is 14.8 Å². The Balaban J connectivity index is 2.58. The Morgan fingerprint density at radius 1 is 1.45 bits per heavy atom. The third-order valence-corrected chi connectivity index (χ3v) is 2.36. The molecule has 0 aliphatic carbocycles. The van der Waals surface area contributed by atoms with Gasteiger partial charge in [-0.2, -0.15) is 0 Å². The molecule has 1 heterocycles. The summed E-state index contributed by atoms with van der Waals surface area (Å²) in [6, 6.07) is 0.259. The first kappa shape index (κ1) is 8.97. The maximum absolute atomic E-state index is 5.56. The van der Waals surface area contributed by atoms with Crippen molar-refractivity contribution in [1.82, 2.24) is 5.32 Å². The van der Waals surface area contributed by atoms with Crippen LogP contribution in [0, 0.1) is 0 Å². The van der Waals surface area contributed by atoms with E-state index in [1.54, 1.807) is 0 Å². The summed E-state index contributed by atoms with van der Waals surface area (Å²) in [6.07, 6.45) is 0.898. The molecule has 1 aliphatic rings. The predicted octanol–water partition coefficient (Wildman–Crippen LogP) is 0.747. The highest BCUT2D eigenvalue weighted by Gasteiger charge is 2.39. The zero-order valence-electron chi connectivity index (χ0n) is 7.52. The fourth-order valence-electron chi connectivity index (χ4n) is 1.45. The average molecular weight is 159 g/mol. The summed E-state index contributed by atoms with van der Waals surface area (Å²) in [4.78, 5) is 0. The molecule has 1 rings (SSSR count). The van der Waals surface area contributed by atoms with Gasteiger partial charge in [-0.1, -0.05) is 6.92 Å². The van der Waals surface area contributed by atoms with Crippen molar-refractivity contribution in [1.29, 1.82) is 0 Å². The van der Waals surface area contributed by atoms with Gasteiger partial charge in [0.1, 0.15) is 0 Å². The molecule has 1 aliphatic heterocycles. The molecule has 1 N–H and O–H groups in total. The van der Waals surface area contributed by atoms with E-state index < -0.39 is 0 Å². The van der Waals surface area contributed by atoms with Gasteiger partial charge in [-0.25, -0.2) is 0 Å². The van der Waals surface area contributed by atoms with Crippen molar-refractivity contribution < 1.29 is 9.47 Å². The van der Waals surface area contributed by atoms with Gasteiger partial charge >= 0.3 is 0 Å². The van der Waals surface area contributed by atoms with Crippen molar-refractivity contribution in [2.45, 2.75) is 32.1 Å². The minimum Gasteiger partial charge on any atom is -0.346 e. The molecule has 1 fully saturated rings. The van der Waals surface area contributed by atoms with Crippen LogP contribution >= 0.6 is 0 Å². The van der Waals surface area contributed by atoms with Crippen molar-refractivity contribution in [3.63, 3.8) is 0 Å². The van der Waals surface area contributed by atoms with Crippen LogP contribution in [0.5, 0.6) is 0 Å². The van der Waals surface area contributed by atoms with Gasteiger partial charge in [-0.3, -0.25) is 0 Å². The number of nitrogens with one attached hydrogen (secondary N) is 1. The van der Waals surface area contributed by atoms with Gasteiger partial charge in [0.15, 0.2) is 5.79 Å². The maximum Gasteiger partial charge on any atom is 0.183 e. The Labute approximate surface area is 68.1 Å². The monoisotopic (exact) mass is 159 g/mol. The second-order valence-corrected chi connectivity index (χ2v) is 2.87. The Hall–Kier alpha value is -0.120. The Kier molecular flexibility index (Phi) is 2.87. The lowest BCUT2D eigenvalue weighted by molar-refractivity contribution is -0.176. The molecular formula is C8H17NO2. The average Bonchev–Trinajstić information content (AvgIpc) is 2.52. The first-order valence-corrected chi connectivity index (χ1v) is 4.20. The summed E-state index contributed by atoms with van der Waals surface area (Å²) in [7, 11) is 1.92. The van der Waals surface area contributed by atoms with E-state index >= 15 is 0 Å². The van der Waals surface area contributed by atoms with Crippen LogP contribution in [0.25, 0.3) is 0 Å². The molecule has 1 saturated heterocycles. The molecule has 11 heavy (non-hydrogen) atoms. The van der Waals surface area contributed by atoms with Crippen LogP contribution in [0.1, 0.15) is 20.3 Å². The molecule has 3 heteroatoms. The van der Waals surface area contributed by atoms with E-state index in [0.29, 0.717) is 0 Å². The zero-order chi connectivity index (χ0) is 8.32. The summed E-state index contributed by atoms with van der Waals surface area (Å²) >= 11 is 0. The smallest absolute Gasteiger partial charge is 0.183 e. The summed E-state index contributed by atoms with van der Waals surface area (Å²) in [5.41, 5.74) is 0. The highest BCUT2D eigenvalue weighted by atomic mass is 16.7. The zero-order valence-corrected chi connectivity index (χ0v) is 7.52. The number of rotatable bonds is 3. The molecule has 0 amide bonds. The topological polar surface area (TPSA) is 30.5 Å². The molecular weight excluding hydrogens is 142 g/mol. The van der Waals surface area contributed by atoms with E-state index in [-0.39, 0.29) is 11.8 Å². The summed E-state index contributed by atoms with van der Waals surface area (Å²) < 4.78 is 11.1. The third-order valence-electron chi connectivity index (χ3n) is 2.36. The molecule has 0 radical (unpaired) electrons. The summed E-state index contributed by atoms with van der Waals surface area (Å²) in [6.45, 7) is 5.60. The lowest BCUT2D eigenvalue weighted by Crippen LogP contribution is -2.48. The van der Waals surface area contributed by atoms with E-state index in [0.717, 1.165) is 19.6 Å². The second kappa shape index (κ2) is 3.52. The van der Waals surface area contributed by atoms with Crippen LogP contribution in [0.2, 0.25) is 0 Å². The molecule has 0 aromatic heterocycles. The molecule has 1 atom stereocenters. The lowest BCUT2D eigenvalue weighted by Gasteiger charge is -2.31. The molecule has 1 unspecified atom stereocenters. The Bertz CT molecular complexity index is 121. The molecule has 0 spiro atoms. The summed E-state index contributed by atoms with van der Waals surface area (Å²) in [5, 5.41) is 3.15. The highest BCUT2D eigenvalue weighted by Crippen LogP contribution is 2.26. The Morgan fingerprint density at radius 2 is 2.00 bits per heavy atom. The van der Waals surface area contributed by atoms with Crippen LogP contribution in [-0.4, -0.2) is 32.1 Å². The van der Waals surface area contributed by atoms with E-state index in [2.05, 4.69) is 19.2 Å². The lowest BCUT2D eigenvalue weighted by atomic mass is 10.1. The first-order chi connectivity index (χ1) is 5.25. The quantitative estimate of drug-likeness (QED) is 0.659. The van der Waals surface area contributed by atoms with Gasteiger partial charge in [0.25, 0.3) is 0 Å². The van der Waals surface area contributed by atoms with Crippen molar-refractivity contribution in [2.24, 2.45) is 0 Å². The van der Waals surface area contributed by atoms with Gasteiger partial charge in [0.2, 0.25) is 0 Å². The van der Waals surface area contributed by atoms with Crippen molar-refractivity contribution in [3.8, 4) is 0 Å². The van der Waals surface area contributed by atoms with Crippen LogP contribution in [0.4, 0.5) is 0 Å². The van der Waals surface area contributed by atoms with Gasteiger partial charge in [0, 0.05) is 6.42 Å². The molecule has 3 nitrogen and oxygen atoms in total. The van der Waals surface area contributed by atoms with Crippen LogP contribution in [0.15, 0.2) is 0 Å². The standard InChI is InChI=1S/C8H17NO2/c1-4-8(7(2)9-3)10-5-6-11-8/h7,9H,4-6H2,1-3H3.